The second kappa shape index (κ2) is 8.05. The first-order valence-electron chi connectivity index (χ1n) is 9.34. The quantitative estimate of drug-likeness (QED) is 0.724. The van der Waals surface area contributed by atoms with Gasteiger partial charge in [0.05, 0.1) is 24.0 Å². The molecule has 2 amide bonds. The maximum atomic E-state index is 12.7. The van der Waals surface area contributed by atoms with E-state index in [0.29, 0.717) is 29.5 Å². The Labute approximate surface area is 171 Å². The zero-order chi connectivity index (χ0) is 19.7. The van der Waals surface area contributed by atoms with Crippen LogP contribution in [0.25, 0.3) is 0 Å². The monoisotopic (exact) mass is 418 g/mol. The molecule has 0 spiro atoms. The third kappa shape index (κ3) is 3.84. The molecule has 1 aromatic carbocycles. The largest absolute Gasteiger partial charge is 0.490 e. The summed E-state index contributed by atoms with van der Waals surface area (Å²) in [6.45, 7) is 3.11. The van der Waals surface area contributed by atoms with Crippen molar-refractivity contribution in [2.75, 3.05) is 18.5 Å². The van der Waals surface area contributed by atoms with Crippen LogP contribution in [0.1, 0.15) is 40.6 Å². The predicted molar refractivity (Wildman–Crippen MR) is 111 cm³/mol. The molecule has 3 N–H and O–H groups in total. The highest BCUT2D eigenvalue weighted by Crippen LogP contribution is 2.40. The summed E-state index contributed by atoms with van der Waals surface area (Å²) in [7, 11) is 0. The standard InChI is InChI=1S/C20H22N2O4S2/c1-11(27-12-6-7-14-15(10-12)26-9-3-8-25-14)19(24)22-20-17(18(21)23)13-4-2-5-16(13)28-20/h6-7,10-11H,2-5,8-9H2,1H3,(H2,21,23)(H,22,24). The number of nitrogens with two attached hydrogens (primary N) is 1. The molecule has 1 aromatic heterocycles. The molecule has 148 valence electrons. The molecule has 0 radical (unpaired) electrons. The number of anilines is 1. The van der Waals surface area contributed by atoms with Crippen molar-refractivity contribution >= 4 is 39.9 Å². The number of thiophene rings is 1. The van der Waals surface area contributed by atoms with Crippen molar-refractivity contribution in [3.8, 4) is 11.5 Å². The molecule has 1 unspecified atom stereocenters. The number of fused-ring (bicyclic) bond motifs is 2. The van der Waals surface area contributed by atoms with Crippen LogP contribution in [0.15, 0.2) is 23.1 Å². The lowest BCUT2D eigenvalue weighted by Gasteiger charge is -2.14. The normalized spacial score (nSPS) is 16.2. The molecule has 2 aromatic rings. The van der Waals surface area contributed by atoms with Crippen LogP contribution in [-0.4, -0.2) is 30.3 Å². The minimum absolute atomic E-state index is 0.153. The van der Waals surface area contributed by atoms with Crippen molar-refractivity contribution in [3.63, 3.8) is 0 Å². The highest BCUT2D eigenvalue weighted by atomic mass is 32.2. The average Bonchev–Trinajstić information content (AvgIpc) is 3.14. The SMILES string of the molecule is CC(Sc1ccc2c(c1)OCCCO2)C(=O)Nc1sc2c(c1C(N)=O)CCC2. The van der Waals surface area contributed by atoms with Gasteiger partial charge in [-0.05, 0) is 49.9 Å². The second-order valence-corrected chi connectivity index (χ2v) is 9.35. The Balaban J connectivity index is 1.46. The van der Waals surface area contributed by atoms with E-state index in [2.05, 4.69) is 5.32 Å². The molecule has 1 aliphatic carbocycles. The number of thioether (sulfide) groups is 1. The molecule has 6 nitrogen and oxygen atoms in total. The molecule has 1 atom stereocenters. The van der Waals surface area contributed by atoms with Gasteiger partial charge in [0, 0.05) is 16.2 Å². The molecule has 0 saturated heterocycles. The smallest absolute Gasteiger partial charge is 0.251 e. The summed E-state index contributed by atoms with van der Waals surface area (Å²) in [4.78, 5) is 26.7. The van der Waals surface area contributed by atoms with Gasteiger partial charge in [-0.2, -0.15) is 0 Å². The van der Waals surface area contributed by atoms with Gasteiger partial charge in [0.2, 0.25) is 5.91 Å². The molecular weight excluding hydrogens is 396 g/mol. The Hall–Kier alpha value is -2.19. The van der Waals surface area contributed by atoms with Gasteiger partial charge in [0.15, 0.2) is 11.5 Å². The molecule has 2 heterocycles. The number of aryl methyl sites for hydroxylation is 1. The van der Waals surface area contributed by atoms with Gasteiger partial charge in [-0.25, -0.2) is 0 Å². The maximum absolute atomic E-state index is 12.7. The summed E-state index contributed by atoms with van der Waals surface area (Å²) in [5.74, 6) is 0.816. The van der Waals surface area contributed by atoms with Crippen molar-refractivity contribution in [1.82, 2.24) is 0 Å². The number of rotatable bonds is 5. The fourth-order valence-electron chi connectivity index (χ4n) is 3.44. The molecule has 28 heavy (non-hydrogen) atoms. The van der Waals surface area contributed by atoms with Gasteiger partial charge >= 0.3 is 0 Å². The number of carbonyl (C=O) groups is 2. The van der Waals surface area contributed by atoms with E-state index in [4.69, 9.17) is 15.2 Å². The van der Waals surface area contributed by atoms with Crippen LogP contribution in [-0.2, 0) is 17.6 Å². The van der Waals surface area contributed by atoms with Gasteiger partial charge < -0.3 is 20.5 Å². The first-order chi connectivity index (χ1) is 13.5. The zero-order valence-corrected chi connectivity index (χ0v) is 17.2. The Morgan fingerprint density at radius 1 is 1.18 bits per heavy atom. The number of ether oxygens (including phenoxy) is 2. The van der Waals surface area contributed by atoms with E-state index in [1.165, 1.54) is 23.1 Å². The minimum atomic E-state index is -0.474. The molecular formula is C20H22N2O4S2. The first-order valence-corrected chi connectivity index (χ1v) is 11.0. The summed E-state index contributed by atoms with van der Waals surface area (Å²) >= 11 is 2.91. The van der Waals surface area contributed by atoms with Crippen molar-refractivity contribution in [3.05, 3.63) is 34.2 Å². The fourth-order valence-corrected chi connectivity index (χ4v) is 5.63. The van der Waals surface area contributed by atoms with Crippen LogP contribution in [0, 0.1) is 0 Å². The lowest BCUT2D eigenvalue weighted by molar-refractivity contribution is -0.115. The predicted octanol–water partition coefficient (Wildman–Crippen LogP) is 3.62. The fraction of sp³-hybridized carbons (Fsp3) is 0.400. The Morgan fingerprint density at radius 3 is 2.75 bits per heavy atom. The van der Waals surface area contributed by atoms with Crippen LogP contribution in [0.2, 0.25) is 0 Å². The number of amides is 2. The van der Waals surface area contributed by atoms with Crippen molar-refractivity contribution < 1.29 is 19.1 Å². The van der Waals surface area contributed by atoms with Gasteiger partial charge in [0.1, 0.15) is 5.00 Å². The number of hydrogen-bond acceptors (Lipinski definition) is 6. The number of hydrogen-bond donors (Lipinski definition) is 2. The highest BCUT2D eigenvalue weighted by molar-refractivity contribution is 8.00. The average molecular weight is 419 g/mol. The lowest BCUT2D eigenvalue weighted by atomic mass is 10.1. The van der Waals surface area contributed by atoms with Crippen molar-refractivity contribution in [1.29, 1.82) is 0 Å². The van der Waals surface area contributed by atoms with Gasteiger partial charge in [0.25, 0.3) is 5.91 Å². The third-order valence-corrected chi connectivity index (χ3v) is 7.11. The molecule has 8 heteroatoms. The summed E-state index contributed by atoms with van der Waals surface area (Å²) in [5.41, 5.74) is 7.07. The zero-order valence-electron chi connectivity index (χ0n) is 15.6. The number of primary amides is 1. The van der Waals surface area contributed by atoms with E-state index in [-0.39, 0.29) is 11.2 Å². The van der Waals surface area contributed by atoms with E-state index < -0.39 is 5.91 Å². The Morgan fingerprint density at radius 2 is 1.96 bits per heavy atom. The summed E-state index contributed by atoms with van der Waals surface area (Å²) in [6, 6.07) is 5.71. The lowest BCUT2D eigenvalue weighted by Crippen LogP contribution is -2.24. The summed E-state index contributed by atoms with van der Waals surface area (Å²) < 4.78 is 11.4. The Kier molecular flexibility index (Phi) is 5.50. The first kappa shape index (κ1) is 19.1. The van der Waals surface area contributed by atoms with E-state index >= 15 is 0 Å². The van der Waals surface area contributed by atoms with E-state index in [1.54, 1.807) is 0 Å². The highest BCUT2D eigenvalue weighted by Gasteiger charge is 2.27. The Bertz CT molecular complexity index is 925. The van der Waals surface area contributed by atoms with Crippen molar-refractivity contribution in [2.24, 2.45) is 5.73 Å². The molecule has 0 saturated carbocycles. The minimum Gasteiger partial charge on any atom is -0.490 e. The van der Waals surface area contributed by atoms with Crippen LogP contribution in [0.4, 0.5) is 5.00 Å². The third-order valence-electron chi connectivity index (χ3n) is 4.81. The van der Waals surface area contributed by atoms with Gasteiger partial charge in [-0.3, -0.25) is 9.59 Å². The number of nitrogens with one attached hydrogen (secondary N) is 1. The van der Waals surface area contributed by atoms with Crippen LogP contribution < -0.4 is 20.5 Å². The van der Waals surface area contributed by atoms with E-state index in [1.807, 2.05) is 25.1 Å². The molecule has 0 fully saturated rings. The van der Waals surface area contributed by atoms with Crippen LogP contribution >= 0.6 is 23.1 Å². The summed E-state index contributed by atoms with van der Waals surface area (Å²) in [5, 5.41) is 3.15. The molecule has 0 bridgehead atoms. The summed E-state index contributed by atoms with van der Waals surface area (Å²) in [6.07, 6.45) is 3.67. The molecule has 1 aliphatic heterocycles. The molecule has 2 aliphatic rings. The number of benzene rings is 1. The van der Waals surface area contributed by atoms with Crippen LogP contribution in [0.5, 0.6) is 11.5 Å². The topological polar surface area (TPSA) is 90.7 Å². The van der Waals surface area contributed by atoms with E-state index in [0.717, 1.165) is 46.8 Å². The van der Waals surface area contributed by atoms with Gasteiger partial charge in [-0.15, -0.1) is 23.1 Å². The van der Waals surface area contributed by atoms with E-state index in [9.17, 15) is 9.59 Å². The molecule has 4 rings (SSSR count). The van der Waals surface area contributed by atoms with Gasteiger partial charge in [-0.1, -0.05) is 0 Å². The second-order valence-electron chi connectivity index (χ2n) is 6.83. The van der Waals surface area contributed by atoms with Crippen molar-refractivity contribution in [2.45, 2.75) is 42.8 Å². The van der Waals surface area contributed by atoms with Crippen LogP contribution in [0.3, 0.4) is 0 Å². The maximum Gasteiger partial charge on any atom is 0.251 e. The number of carbonyl (C=O) groups excluding carboxylic acids is 2.